The van der Waals surface area contributed by atoms with E-state index in [0.717, 1.165) is 6.20 Å². The number of hydrogen-bond donors (Lipinski definition) is 1. The number of halogens is 1. The van der Waals surface area contributed by atoms with Crippen LogP contribution in [-0.2, 0) is 10.0 Å². The molecule has 0 saturated carbocycles. The molecule has 0 atom stereocenters. The van der Waals surface area contributed by atoms with Crippen LogP contribution < -0.4 is 5.14 Å². The number of benzene rings is 1. The summed E-state index contributed by atoms with van der Waals surface area (Å²) in [7, 11) is -3.83. The molecule has 0 amide bonds. The number of primary sulfonamides is 1. The van der Waals surface area contributed by atoms with Crippen molar-refractivity contribution in [1.82, 2.24) is 4.98 Å². The van der Waals surface area contributed by atoms with Gasteiger partial charge >= 0.3 is 0 Å². The zero-order valence-corrected chi connectivity index (χ0v) is 9.49. The summed E-state index contributed by atoms with van der Waals surface area (Å²) in [5.41, 5.74) is 0.714. The minimum atomic E-state index is -3.83. The van der Waals surface area contributed by atoms with Crippen LogP contribution in [0.25, 0.3) is 11.3 Å². The highest BCUT2D eigenvalue weighted by molar-refractivity contribution is 7.89. The van der Waals surface area contributed by atoms with Crippen LogP contribution in [0, 0.1) is 5.82 Å². The molecule has 1 aromatic heterocycles. The third-order valence-electron chi connectivity index (χ3n) is 2.20. The molecule has 88 valence electrons. The average molecular weight is 252 g/mol. The Bertz CT molecular complexity index is 639. The summed E-state index contributed by atoms with van der Waals surface area (Å²) in [6, 6.07) is 8.79. The summed E-state index contributed by atoms with van der Waals surface area (Å²) in [5, 5.41) is 5.10. The number of nitrogens with two attached hydrogens (primary N) is 1. The van der Waals surface area contributed by atoms with Crippen LogP contribution >= 0.6 is 0 Å². The normalized spacial score (nSPS) is 11.4. The number of aromatic nitrogens is 1. The van der Waals surface area contributed by atoms with Gasteiger partial charge in [-0.25, -0.2) is 17.9 Å². The minimum absolute atomic E-state index is 0.0286. The molecule has 1 aromatic carbocycles. The predicted molar refractivity (Wildman–Crippen MR) is 61.0 cm³/mol. The Hall–Kier alpha value is -1.79. The van der Waals surface area contributed by atoms with Gasteiger partial charge < -0.3 is 0 Å². The van der Waals surface area contributed by atoms with E-state index in [2.05, 4.69) is 4.98 Å². The lowest BCUT2D eigenvalue weighted by molar-refractivity contribution is 0.598. The average Bonchev–Trinajstić information content (AvgIpc) is 2.29. The highest BCUT2D eigenvalue weighted by Crippen LogP contribution is 2.24. The Morgan fingerprint density at radius 3 is 2.41 bits per heavy atom. The Kier molecular flexibility index (Phi) is 2.91. The van der Waals surface area contributed by atoms with Crippen molar-refractivity contribution in [2.45, 2.75) is 4.90 Å². The lowest BCUT2D eigenvalue weighted by Crippen LogP contribution is -2.13. The van der Waals surface area contributed by atoms with Gasteiger partial charge in [0, 0.05) is 5.56 Å². The van der Waals surface area contributed by atoms with Crippen LogP contribution in [0.2, 0.25) is 0 Å². The van der Waals surface area contributed by atoms with Crippen molar-refractivity contribution >= 4 is 10.0 Å². The molecule has 2 aromatic rings. The first kappa shape index (κ1) is 11.7. The number of rotatable bonds is 2. The van der Waals surface area contributed by atoms with Gasteiger partial charge in [-0.05, 0) is 18.2 Å². The molecule has 0 aliphatic rings. The first-order chi connectivity index (χ1) is 7.98. The Morgan fingerprint density at radius 1 is 1.12 bits per heavy atom. The smallest absolute Gasteiger partial charge is 0.238 e. The second kappa shape index (κ2) is 4.23. The standard InChI is InChI=1S/C11H9FN2O2S/c12-8-5-6-10(14-7-8)9-3-1-2-4-11(9)17(13,15)16/h1-7H,(H2,13,15,16). The van der Waals surface area contributed by atoms with E-state index in [1.165, 1.54) is 18.2 Å². The van der Waals surface area contributed by atoms with Crippen LogP contribution in [0.15, 0.2) is 47.5 Å². The lowest BCUT2D eigenvalue weighted by Gasteiger charge is -2.06. The molecule has 0 spiro atoms. The van der Waals surface area contributed by atoms with Crippen LogP contribution in [0.3, 0.4) is 0 Å². The fraction of sp³-hybridized carbons (Fsp3) is 0. The number of nitrogens with zero attached hydrogens (tertiary/aromatic N) is 1. The summed E-state index contributed by atoms with van der Waals surface area (Å²) >= 11 is 0. The van der Waals surface area contributed by atoms with Gasteiger partial charge in [0.15, 0.2) is 0 Å². The third kappa shape index (κ3) is 2.48. The number of sulfonamides is 1. The Labute approximate surface area is 98.0 Å². The van der Waals surface area contributed by atoms with E-state index in [1.807, 2.05) is 0 Å². The van der Waals surface area contributed by atoms with Crippen molar-refractivity contribution in [1.29, 1.82) is 0 Å². The topological polar surface area (TPSA) is 73.1 Å². The molecule has 0 aliphatic heterocycles. The predicted octanol–water partition coefficient (Wildman–Crippen LogP) is 1.54. The largest absolute Gasteiger partial charge is 0.253 e. The molecule has 2 rings (SSSR count). The maximum absolute atomic E-state index is 12.7. The molecule has 0 bridgehead atoms. The van der Waals surface area contributed by atoms with E-state index in [4.69, 9.17) is 5.14 Å². The van der Waals surface area contributed by atoms with Crippen molar-refractivity contribution in [3.05, 3.63) is 48.4 Å². The van der Waals surface area contributed by atoms with Crippen LogP contribution in [-0.4, -0.2) is 13.4 Å². The van der Waals surface area contributed by atoms with Gasteiger partial charge in [0.2, 0.25) is 10.0 Å². The fourth-order valence-electron chi connectivity index (χ4n) is 1.46. The van der Waals surface area contributed by atoms with E-state index in [0.29, 0.717) is 11.3 Å². The summed E-state index contributed by atoms with van der Waals surface area (Å²) in [6.45, 7) is 0. The highest BCUT2D eigenvalue weighted by Gasteiger charge is 2.14. The molecule has 0 unspecified atom stereocenters. The molecule has 0 fully saturated rings. The van der Waals surface area contributed by atoms with E-state index < -0.39 is 15.8 Å². The molecule has 0 saturated heterocycles. The molecule has 2 N–H and O–H groups in total. The highest BCUT2D eigenvalue weighted by atomic mass is 32.2. The zero-order chi connectivity index (χ0) is 12.5. The molecule has 0 aliphatic carbocycles. The number of pyridine rings is 1. The zero-order valence-electron chi connectivity index (χ0n) is 8.67. The maximum Gasteiger partial charge on any atom is 0.238 e. The van der Waals surface area contributed by atoms with Gasteiger partial charge in [-0.3, -0.25) is 4.98 Å². The summed E-state index contributed by atoms with van der Waals surface area (Å²) < 4.78 is 35.5. The lowest BCUT2D eigenvalue weighted by atomic mass is 10.1. The third-order valence-corrected chi connectivity index (χ3v) is 3.17. The molecular formula is C11H9FN2O2S. The van der Waals surface area contributed by atoms with E-state index in [9.17, 15) is 12.8 Å². The SMILES string of the molecule is NS(=O)(=O)c1ccccc1-c1ccc(F)cn1. The van der Waals surface area contributed by atoms with E-state index >= 15 is 0 Å². The fourth-order valence-corrected chi connectivity index (χ4v) is 2.21. The van der Waals surface area contributed by atoms with Gasteiger partial charge in [0.1, 0.15) is 5.82 Å². The molecule has 1 heterocycles. The molecule has 6 heteroatoms. The van der Waals surface area contributed by atoms with Crippen LogP contribution in [0.5, 0.6) is 0 Å². The van der Waals surface area contributed by atoms with Crippen LogP contribution in [0.1, 0.15) is 0 Å². The second-order valence-corrected chi connectivity index (χ2v) is 4.93. The molecular weight excluding hydrogens is 243 g/mol. The minimum Gasteiger partial charge on any atom is -0.253 e. The van der Waals surface area contributed by atoms with Gasteiger partial charge in [0.25, 0.3) is 0 Å². The number of hydrogen-bond acceptors (Lipinski definition) is 3. The molecule has 0 radical (unpaired) electrons. The molecule has 4 nitrogen and oxygen atoms in total. The summed E-state index contributed by atoms with van der Waals surface area (Å²) in [5.74, 6) is -0.484. The van der Waals surface area contributed by atoms with Crippen molar-refractivity contribution in [3.63, 3.8) is 0 Å². The Balaban J connectivity index is 2.64. The summed E-state index contributed by atoms with van der Waals surface area (Å²) in [6.07, 6.45) is 1.02. The van der Waals surface area contributed by atoms with Gasteiger partial charge in [0.05, 0.1) is 16.8 Å². The van der Waals surface area contributed by atoms with Gasteiger partial charge in [-0.1, -0.05) is 18.2 Å². The quantitative estimate of drug-likeness (QED) is 0.881. The van der Waals surface area contributed by atoms with Gasteiger partial charge in [-0.2, -0.15) is 0 Å². The van der Waals surface area contributed by atoms with Gasteiger partial charge in [-0.15, -0.1) is 0 Å². The Morgan fingerprint density at radius 2 is 1.82 bits per heavy atom. The van der Waals surface area contributed by atoms with Crippen molar-refractivity contribution in [2.24, 2.45) is 5.14 Å². The molecule has 17 heavy (non-hydrogen) atoms. The van der Waals surface area contributed by atoms with Crippen molar-refractivity contribution < 1.29 is 12.8 Å². The monoisotopic (exact) mass is 252 g/mol. The first-order valence-electron chi connectivity index (χ1n) is 4.72. The second-order valence-electron chi connectivity index (χ2n) is 3.40. The van der Waals surface area contributed by atoms with E-state index in [1.54, 1.807) is 18.2 Å². The van der Waals surface area contributed by atoms with Crippen molar-refractivity contribution in [2.75, 3.05) is 0 Å². The van der Waals surface area contributed by atoms with Crippen molar-refractivity contribution in [3.8, 4) is 11.3 Å². The first-order valence-corrected chi connectivity index (χ1v) is 6.27. The van der Waals surface area contributed by atoms with Crippen LogP contribution in [0.4, 0.5) is 4.39 Å². The maximum atomic E-state index is 12.7. The van der Waals surface area contributed by atoms with E-state index in [-0.39, 0.29) is 4.90 Å². The summed E-state index contributed by atoms with van der Waals surface area (Å²) in [4.78, 5) is 3.80.